The lowest BCUT2D eigenvalue weighted by Gasteiger charge is -2.15. The number of aryl methyl sites for hydroxylation is 3. The highest BCUT2D eigenvalue weighted by molar-refractivity contribution is 9.11. The molecule has 4 aromatic rings. The SMILES string of the molecule is CCc1cc(-c2c3ccccc3c(Br)c3sc(C)c(C)c23)ccc1OC(C)=O. The van der Waals surface area contributed by atoms with E-state index in [4.69, 9.17) is 4.74 Å². The Morgan fingerprint density at radius 2 is 1.82 bits per heavy atom. The van der Waals surface area contributed by atoms with Gasteiger partial charge < -0.3 is 4.74 Å². The van der Waals surface area contributed by atoms with E-state index >= 15 is 0 Å². The highest BCUT2D eigenvalue weighted by Gasteiger charge is 2.19. The second-order valence-corrected chi connectivity index (χ2v) is 9.01. The summed E-state index contributed by atoms with van der Waals surface area (Å²) in [6.45, 7) is 7.91. The molecule has 4 heteroatoms. The molecule has 0 amide bonds. The zero-order valence-corrected chi connectivity index (χ0v) is 18.8. The van der Waals surface area contributed by atoms with Crippen molar-refractivity contribution in [2.45, 2.75) is 34.1 Å². The van der Waals surface area contributed by atoms with Gasteiger partial charge in [-0.3, -0.25) is 4.79 Å². The lowest BCUT2D eigenvalue weighted by Crippen LogP contribution is -2.03. The summed E-state index contributed by atoms with van der Waals surface area (Å²) >= 11 is 5.69. The molecule has 2 nitrogen and oxygen atoms in total. The number of fused-ring (bicyclic) bond motifs is 2. The highest BCUT2D eigenvalue weighted by atomic mass is 79.9. The molecule has 1 heterocycles. The van der Waals surface area contributed by atoms with Gasteiger partial charge in [0.25, 0.3) is 0 Å². The summed E-state index contributed by atoms with van der Waals surface area (Å²) in [7, 11) is 0. The van der Waals surface area contributed by atoms with Gasteiger partial charge in [-0.1, -0.05) is 37.3 Å². The Kier molecular flexibility index (Phi) is 5.02. The maximum absolute atomic E-state index is 11.4. The molecule has 0 aliphatic carbocycles. The second kappa shape index (κ2) is 7.34. The molecule has 142 valence electrons. The van der Waals surface area contributed by atoms with Crippen LogP contribution in [0.3, 0.4) is 0 Å². The summed E-state index contributed by atoms with van der Waals surface area (Å²) in [4.78, 5) is 12.8. The van der Waals surface area contributed by atoms with Crippen molar-refractivity contribution in [2.24, 2.45) is 0 Å². The Balaban J connectivity index is 2.10. The number of halogens is 1. The molecule has 0 saturated carbocycles. The van der Waals surface area contributed by atoms with Crippen LogP contribution in [-0.4, -0.2) is 5.97 Å². The van der Waals surface area contributed by atoms with Gasteiger partial charge in [0.05, 0.1) is 4.70 Å². The number of carbonyl (C=O) groups excluding carboxylic acids is 1. The second-order valence-electron chi connectivity index (χ2n) is 6.99. The molecule has 0 aliphatic heterocycles. The normalized spacial score (nSPS) is 11.3. The van der Waals surface area contributed by atoms with Gasteiger partial charge in [-0.05, 0) is 81.4 Å². The number of hydrogen-bond donors (Lipinski definition) is 0. The van der Waals surface area contributed by atoms with Gasteiger partial charge in [-0.15, -0.1) is 11.3 Å². The standard InChI is InChI=1S/C24H21BrO2S/c1-5-16-12-17(10-11-20(16)27-15(4)26)22-18-8-6-7-9-19(18)23(25)24-21(22)13(2)14(3)28-24/h6-12H,5H2,1-4H3. The van der Waals surface area contributed by atoms with Crippen LogP contribution < -0.4 is 4.74 Å². The molecule has 3 aromatic carbocycles. The summed E-state index contributed by atoms with van der Waals surface area (Å²) in [5.41, 5.74) is 4.77. The van der Waals surface area contributed by atoms with Gasteiger partial charge >= 0.3 is 5.97 Å². The molecular formula is C24H21BrO2S. The zero-order valence-electron chi connectivity index (χ0n) is 16.4. The number of thiophene rings is 1. The number of esters is 1. The van der Waals surface area contributed by atoms with E-state index in [1.54, 1.807) is 0 Å². The zero-order chi connectivity index (χ0) is 20.0. The van der Waals surface area contributed by atoms with Crippen LogP contribution in [0, 0.1) is 13.8 Å². The lowest BCUT2D eigenvalue weighted by atomic mass is 9.91. The van der Waals surface area contributed by atoms with Gasteiger partial charge in [-0.25, -0.2) is 0 Å². The largest absolute Gasteiger partial charge is 0.426 e. The first-order valence-corrected chi connectivity index (χ1v) is 10.9. The molecule has 0 fully saturated rings. The first kappa shape index (κ1) is 19.2. The van der Waals surface area contributed by atoms with Crippen molar-refractivity contribution in [1.29, 1.82) is 0 Å². The summed E-state index contributed by atoms with van der Waals surface area (Å²) < 4.78 is 7.85. The molecule has 0 spiro atoms. The van der Waals surface area contributed by atoms with Gasteiger partial charge in [-0.2, -0.15) is 0 Å². The molecule has 0 N–H and O–H groups in total. The van der Waals surface area contributed by atoms with Crippen LogP contribution in [0.15, 0.2) is 46.9 Å². The number of carbonyl (C=O) groups is 1. The molecule has 28 heavy (non-hydrogen) atoms. The summed E-state index contributed by atoms with van der Waals surface area (Å²) in [6, 6.07) is 14.7. The Hall–Kier alpha value is -2.17. The smallest absolute Gasteiger partial charge is 0.308 e. The fourth-order valence-corrected chi connectivity index (χ4v) is 5.70. The minimum Gasteiger partial charge on any atom is -0.426 e. The summed E-state index contributed by atoms with van der Waals surface area (Å²) in [6.07, 6.45) is 0.801. The van der Waals surface area contributed by atoms with E-state index in [1.807, 2.05) is 17.4 Å². The molecule has 0 unspecified atom stereocenters. The van der Waals surface area contributed by atoms with Crippen molar-refractivity contribution in [3.63, 3.8) is 0 Å². The van der Waals surface area contributed by atoms with E-state index in [0.717, 1.165) is 22.0 Å². The average Bonchev–Trinajstić information content (AvgIpc) is 2.98. The molecule has 0 atom stereocenters. The van der Waals surface area contributed by atoms with Crippen LogP contribution >= 0.6 is 27.3 Å². The molecular weight excluding hydrogens is 432 g/mol. The molecule has 4 rings (SSSR count). The topological polar surface area (TPSA) is 26.3 Å². The summed E-state index contributed by atoms with van der Waals surface area (Å²) in [5, 5.41) is 3.74. The first-order chi connectivity index (χ1) is 13.4. The Bertz CT molecular complexity index is 1240. The van der Waals surface area contributed by atoms with Crippen LogP contribution in [-0.2, 0) is 11.2 Å². The minimum atomic E-state index is -0.289. The quantitative estimate of drug-likeness (QED) is 0.236. The van der Waals surface area contributed by atoms with Crippen molar-refractivity contribution in [3.05, 3.63) is 62.9 Å². The van der Waals surface area contributed by atoms with Crippen LogP contribution in [0.2, 0.25) is 0 Å². The van der Waals surface area contributed by atoms with Crippen molar-refractivity contribution in [3.8, 4) is 16.9 Å². The van der Waals surface area contributed by atoms with Crippen molar-refractivity contribution >= 4 is 54.1 Å². The summed E-state index contributed by atoms with van der Waals surface area (Å²) in [5.74, 6) is 0.359. The van der Waals surface area contributed by atoms with E-state index in [1.165, 1.54) is 43.8 Å². The van der Waals surface area contributed by atoms with E-state index in [0.29, 0.717) is 5.75 Å². The Morgan fingerprint density at radius 1 is 1.11 bits per heavy atom. The first-order valence-electron chi connectivity index (χ1n) is 9.34. The lowest BCUT2D eigenvalue weighted by molar-refractivity contribution is -0.131. The predicted octanol–water partition coefficient (Wildman–Crippen LogP) is 7.59. The van der Waals surface area contributed by atoms with Gasteiger partial charge in [0.1, 0.15) is 5.75 Å². The van der Waals surface area contributed by atoms with Crippen molar-refractivity contribution in [1.82, 2.24) is 0 Å². The number of ether oxygens (including phenoxy) is 1. The fourth-order valence-electron chi connectivity index (χ4n) is 3.80. The van der Waals surface area contributed by atoms with Crippen LogP contribution in [0.4, 0.5) is 0 Å². The number of benzene rings is 3. The molecule has 1 aromatic heterocycles. The molecule has 0 bridgehead atoms. The van der Waals surface area contributed by atoms with Crippen molar-refractivity contribution < 1.29 is 9.53 Å². The monoisotopic (exact) mass is 452 g/mol. The Morgan fingerprint density at radius 3 is 2.50 bits per heavy atom. The molecule has 0 aliphatic rings. The third kappa shape index (κ3) is 3.05. The number of rotatable bonds is 3. The minimum absolute atomic E-state index is 0.289. The highest BCUT2D eigenvalue weighted by Crippen LogP contribution is 2.47. The van der Waals surface area contributed by atoms with Gasteiger partial charge in [0, 0.05) is 21.7 Å². The van der Waals surface area contributed by atoms with Crippen LogP contribution in [0.5, 0.6) is 5.75 Å². The van der Waals surface area contributed by atoms with Gasteiger partial charge in [0.15, 0.2) is 0 Å². The molecule has 0 saturated heterocycles. The van der Waals surface area contributed by atoms with E-state index in [9.17, 15) is 4.79 Å². The van der Waals surface area contributed by atoms with Gasteiger partial charge in [0.2, 0.25) is 0 Å². The maximum Gasteiger partial charge on any atom is 0.308 e. The number of hydrogen-bond acceptors (Lipinski definition) is 3. The van der Waals surface area contributed by atoms with Crippen LogP contribution in [0.1, 0.15) is 29.9 Å². The van der Waals surface area contributed by atoms with Crippen LogP contribution in [0.25, 0.3) is 32.0 Å². The van der Waals surface area contributed by atoms with E-state index < -0.39 is 0 Å². The third-order valence-corrected chi connectivity index (χ3v) is 7.56. The predicted molar refractivity (Wildman–Crippen MR) is 123 cm³/mol. The maximum atomic E-state index is 11.4. The van der Waals surface area contributed by atoms with E-state index in [-0.39, 0.29) is 5.97 Å². The average molecular weight is 453 g/mol. The fraction of sp³-hybridized carbons (Fsp3) is 0.208. The van der Waals surface area contributed by atoms with Crippen molar-refractivity contribution in [2.75, 3.05) is 0 Å². The third-order valence-electron chi connectivity index (χ3n) is 5.25. The van der Waals surface area contributed by atoms with E-state index in [2.05, 4.69) is 73.1 Å². The Labute approximate surface area is 177 Å². The molecule has 0 radical (unpaired) electrons.